The number of imide groups is 1. The summed E-state index contributed by atoms with van der Waals surface area (Å²) < 4.78 is 0.890. The summed E-state index contributed by atoms with van der Waals surface area (Å²) in [4.78, 5) is 29.4. The molecule has 2 amide bonds. The Bertz CT molecular complexity index is 617. The van der Waals surface area contributed by atoms with Gasteiger partial charge >= 0.3 is 0 Å². The smallest absolute Gasteiger partial charge is 0.268 e. The molecule has 0 radical (unpaired) electrons. The predicted octanol–water partition coefficient (Wildman–Crippen LogP) is 2.64. The molecule has 5 heteroatoms. The monoisotopic (exact) mass is 302 g/mol. The van der Waals surface area contributed by atoms with E-state index in [2.05, 4.69) is 20.9 Å². The van der Waals surface area contributed by atoms with Gasteiger partial charge in [0.25, 0.3) is 11.8 Å². The van der Waals surface area contributed by atoms with E-state index in [9.17, 15) is 9.59 Å². The first-order valence-corrected chi connectivity index (χ1v) is 6.07. The number of nitrogens with zero attached hydrogens (tertiary/aromatic N) is 2. The van der Waals surface area contributed by atoms with Gasteiger partial charge in [0.15, 0.2) is 0 Å². The standard InChI is InChI=1S/C13H7BrN2O2/c14-8-3-5-9(6-4-8)16-12(17)10-2-1-7-15-11(10)13(16)18/h1-7H. The Kier molecular flexibility index (Phi) is 2.48. The van der Waals surface area contributed by atoms with Crippen LogP contribution in [-0.4, -0.2) is 16.8 Å². The van der Waals surface area contributed by atoms with Crippen LogP contribution in [0, 0.1) is 0 Å². The van der Waals surface area contributed by atoms with Gasteiger partial charge in [0.1, 0.15) is 5.69 Å². The highest BCUT2D eigenvalue weighted by atomic mass is 79.9. The molecule has 1 aliphatic rings. The molecule has 0 unspecified atom stereocenters. The number of hydrogen-bond acceptors (Lipinski definition) is 3. The molecule has 0 fully saturated rings. The lowest BCUT2D eigenvalue weighted by atomic mass is 10.2. The third kappa shape index (κ3) is 1.55. The van der Waals surface area contributed by atoms with E-state index in [0.717, 1.165) is 9.37 Å². The Balaban J connectivity index is 2.09. The molecular formula is C13H7BrN2O2. The zero-order valence-electron chi connectivity index (χ0n) is 9.13. The number of pyridine rings is 1. The minimum absolute atomic E-state index is 0.213. The van der Waals surface area contributed by atoms with Crippen molar-refractivity contribution >= 4 is 33.4 Å². The van der Waals surface area contributed by atoms with Crippen molar-refractivity contribution in [2.75, 3.05) is 4.90 Å². The number of halogens is 1. The third-order valence-electron chi connectivity index (χ3n) is 2.73. The number of aromatic nitrogens is 1. The SMILES string of the molecule is O=C1c2cccnc2C(=O)N1c1ccc(Br)cc1. The summed E-state index contributed by atoms with van der Waals surface area (Å²) in [5.41, 5.74) is 1.11. The van der Waals surface area contributed by atoms with Crippen molar-refractivity contribution in [3.05, 3.63) is 58.3 Å². The molecule has 88 valence electrons. The molecule has 0 saturated heterocycles. The second-order valence-electron chi connectivity index (χ2n) is 3.82. The summed E-state index contributed by atoms with van der Waals surface area (Å²) in [6.45, 7) is 0. The van der Waals surface area contributed by atoms with Crippen molar-refractivity contribution in [2.45, 2.75) is 0 Å². The van der Waals surface area contributed by atoms with Crippen LogP contribution in [0.15, 0.2) is 47.1 Å². The number of benzene rings is 1. The summed E-state index contributed by atoms with van der Waals surface area (Å²) in [5.74, 6) is -0.705. The maximum atomic E-state index is 12.1. The maximum absolute atomic E-state index is 12.1. The number of anilines is 1. The maximum Gasteiger partial charge on any atom is 0.284 e. The molecule has 1 aromatic carbocycles. The largest absolute Gasteiger partial charge is 0.284 e. The van der Waals surface area contributed by atoms with E-state index in [1.165, 1.54) is 6.20 Å². The van der Waals surface area contributed by atoms with E-state index in [1.807, 2.05) is 0 Å². The lowest BCUT2D eigenvalue weighted by Crippen LogP contribution is -2.29. The fourth-order valence-electron chi connectivity index (χ4n) is 1.89. The van der Waals surface area contributed by atoms with Crippen LogP contribution in [-0.2, 0) is 0 Å². The highest BCUT2D eigenvalue weighted by Gasteiger charge is 2.37. The van der Waals surface area contributed by atoms with Gasteiger partial charge in [-0.05, 0) is 36.4 Å². The Morgan fingerprint density at radius 3 is 2.39 bits per heavy atom. The van der Waals surface area contributed by atoms with E-state index in [4.69, 9.17) is 0 Å². The quantitative estimate of drug-likeness (QED) is 0.761. The van der Waals surface area contributed by atoms with Crippen LogP contribution in [0.5, 0.6) is 0 Å². The average Bonchev–Trinajstić information content (AvgIpc) is 2.64. The fourth-order valence-corrected chi connectivity index (χ4v) is 2.16. The van der Waals surface area contributed by atoms with Crippen molar-refractivity contribution < 1.29 is 9.59 Å². The Hall–Kier alpha value is -2.01. The molecule has 2 heterocycles. The van der Waals surface area contributed by atoms with Crippen LogP contribution in [0.25, 0.3) is 0 Å². The second kappa shape index (κ2) is 4.03. The minimum Gasteiger partial charge on any atom is -0.268 e. The topological polar surface area (TPSA) is 50.3 Å². The molecule has 0 atom stereocenters. The molecule has 3 rings (SSSR count). The summed E-state index contributed by atoms with van der Waals surface area (Å²) in [6, 6.07) is 10.3. The molecule has 0 N–H and O–H groups in total. The molecule has 0 aliphatic carbocycles. The second-order valence-corrected chi connectivity index (χ2v) is 4.74. The van der Waals surface area contributed by atoms with Crippen molar-refractivity contribution in [1.82, 2.24) is 4.98 Å². The molecule has 2 aromatic rings. The normalized spacial score (nSPS) is 13.9. The number of rotatable bonds is 1. The van der Waals surface area contributed by atoms with Gasteiger partial charge in [-0.1, -0.05) is 15.9 Å². The van der Waals surface area contributed by atoms with Crippen LogP contribution in [0.3, 0.4) is 0 Å². The average molecular weight is 303 g/mol. The lowest BCUT2D eigenvalue weighted by Gasteiger charge is -2.13. The fraction of sp³-hybridized carbons (Fsp3) is 0. The van der Waals surface area contributed by atoms with E-state index in [1.54, 1.807) is 36.4 Å². The van der Waals surface area contributed by atoms with Gasteiger partial charge < -0.3 is 0 Å². The van der Waals surface area contributed by atoms with Gasteiger partial charge in [0.05, 0.1) is 11.3 Å². The van der Waals surface area contributed by atoms with Crippen molar-refractivity contribution in [2.24, 2.45) is 0 Å². The molecule has 0 bridgehead atoms. The molecule has 18 heavy (non-hydrogen) atoms. The summed E-state index contributed by atoms with van der Waals surface area (Å²) in [5, 5.41) is 0. The summed E-state index contributed by atoms with van der Waals surface area (Å²) >= 11 is 3.31. The van der Waals surface area contributed by atoms with Crippen molar-refractivity contribution in [3.8, 4) is 0 Å². The van der Waals surface area contributed by atoms with E-state index >= 15 is 0 Å². The molecular weight excluding hydrogens is 296 g/mol. The van der Waals surface area contributed by atoms with Crippen molar-refractivity contribution in [1.29, 1.82) is 0 Å². The van der Waals surface area contributed by atoms with Gasteiger partial charge in [-0.3, -0.25) is 14.6 Å². The van der Waals surface area contributed by atoms with Crippen molar-refractivity contribution in [3.63, 3.8) is 0 Å². The van der Waals surface area contributed by atoms with Crippen LogP contribution in [0.2, 0.25) is 0 Å². The van der Waals surface area contributed by atoms with Crippen LogP contribution in [0.1, 0.15) is 20.8 Å². The van der Waals surface area contributed by atoms with E-state index < -0.39 is 0 Å². The molecule has 0 saturated carbocycles. The van der Waals surface area contributed by atoms with Crippen LogP contribution >= 0.6 is 15.9 Å². The predicted molar refractivity (Wildman–Crippen MR) is 69.5 cm³/mol. The first kappa shape index (κ1) is 11.1. The Labute approximate surface area is 111 Å². The molecule has 0 spiro atoms. The highest BCUT2D eigenvalue weighted by molar-refractivity contribution is 9.10. The minimum atomic E-state index is -0.377. The number of fused-ring (bicyclic) bond motifs is 1. The van der Waals surface area contributed by atoms with E-state index in [-0.39, 0.29) is 17.5 Å². The van der Waals surface area contributed by atoms with Gasteiger partial charge in [-0.15, -0.1) is 0 Å². The zero-order chi connectivity index (χ0) is 12.7. The zero-order valence-corrected chi connectivity index (χ0v) is 10.7. The van der Waals surface area contributed by atoms with Gasteiger partial charge in [0, 0.05) is 10.7 Å². The summed E-state index contributed by atoms with van der Waals surface area (Å²) in [7, 11) is 0. The number of carbonyl (C=O) groups excluding carboxylic acids is 2. The Morgan fingerprint density at radius 1 is 1.00 bits per heavy atom. The number of hydrogen-bond donors (Lipinski definition) is 0. The van der Waals surface area contributed by atoms with Crippen LogP contribution in [0.4, 0.5) is 5.69 Å². The lowest BCUT2D eigenvalue weighted by molar-refractivity contribution is 0.0924. The Morgan fingerprint density at radius 2 is 1.72 bits per heavy atom. The van der Waals surface area contributed by atoms with E-state index in [0.29, 0.717) is 11.3 Å². The summed E-state index contributed by atoms with van der Waals surface area (Å²) in [6.07, 6.45) is 1.51. The first-order valence-electron chi connectivity index (χ1n) is 5.28. The highest BCUT2D eigenvalue weighted by Crippen LogP contribution is 2.27. The number of amides is 2. The first-order chi connectivity index (χ1) is 8.68. The van der Waals surface area contributed by atoms with Gasteiger partial charge in [-0.25, -0.2) is 4.90 Å². The van der Waals surface area contributed by atoms with Gasteiger partial charge in [-0.2, -0.15) is 0 Å². The van der Waals surface area contributed by atoms with Gasteiger partial charge in [0.2, 0.25) is 0 Å². The molecule has 1 aliphatic heterocycles. The third-order valence-corrected chi connectivity index (χ3v) is 3.26. The molecule has 4 nitrogen and oxygen atoms in total. The molecule has 1 aromatic heterocycles. The van der Waals surface area contributed by atoms with Crippen LogP contribution < -0.4 is 4.90 Å². The number of carbonyl (C=O) groups is 2.